The van der Waals surface area contributed by atoms with Crippen molar-refractivity contribution in [1.82, 2.24) is 4.98 Å². The summed E-state index contributed by atoms with van der Waals surface area (Å²) in [5, 5.41) is 11.7. The Morgan fingerprint density at radius 1 is 1.00 bits per heavy atom. The summed E-state index contributed by atoms with van der Waals surface area (Å²) in [5.74, 6) is -7.20. The van der Waals surface area contributed by atoms with E-state index in [4.69, 9.17) is 4.74 Å². The number of hydrogen-bond donors (Lipinski definition) is 2. The van der Waals surface area contributed by atoms with E-state index < -0.39 is 47.7 Å². The van der Waals surface area contributed by atoms with Crippen LogP contribution in [0.3, 0.4) is 0 Å². The maximum Gasteiger partial charge on any atom is 0.253 e. The Bertz CT molecular complexity index is 656. The minimum Gasteiger partial charge on any atom is -0.491 e. The fraction of sp³-hybridized carbons (Fsp3) is 0.214. The predicted octanol–water partition coefficient (Wildman–Crippen LogP) is 2.63. The molecule has 1 aromatic carbocycles. The van der Waals surface area contributed by atoms with Crippen LogP contribution < -0.4 is 10.1 Å². The van der Waals surface area contributed by atoms with Crippen LogP contribution in [0.4, 0.5) is 27.6 Å². The van der Waals surface area contributed by atoms with E-state index in [-0.39, 0.29) is 12.4 Å². The molecule has 1 heterocycles. The molecule has 1 unspecified atom stereocenters. The van der Waals surface area contributed by atoms with E-state index in [0.29, 0.717) is 0 Å². The highest BCUT2D eigenvalue weighted by Gasteiger charge is 2.21. The lowest BCUT2D eigenvalue weighted by atomic mass is 10.3. The molecule has 0 radical (unpaired) electrons. The van der Waals surface area contributed by atoms with E-state index in [0.717, 1.165) is 12.1 Å². The molecule has 2 N–H and O–H groups in total. The summed E-state index contributed by atoms with van der Waals surface area (Å²) in [7, 11) is 0. The summed E-state index contributed by atoms with van der Waals surface area (Å²) in [6, 6.07) is 4.94. The van der Waals surface area contributed by atoms with Gasteiger partial charge in [-0.15, -0.1) is 0 Å². The third-order valence-electron chi connectivity index (χ3n) is 2.77. The van der Waals surface area contributed by atoms with E-state index in [1.54, 1.807) is 0 Å². The van der Waals surface area contributed by atoms with E-state index in [9.17, 15) is 27.1 Å². The number of anilines is 1. The first kappa shape index (κ1) is 16.9. The van der Waals surface area contributed by atoms with Gasteiger partial charge in [0, 0.05) is 6.54 Å². The largest absolute Gasteiger partial charge is 0.491 e. The van der Waals surface area contributed by atoms with Crippen LogP contribution in [-0.4, -0.2) is 29.3 Å². The molecule has 9 heteroatoms. The lowest BCUT2D eigenvalue weighted by molar-refractivity contribution is 0.117. The second-order valence-electron chi connectivity index (χ2n) is 4.50. The van der Waals surface area contributed by atoms with Crippen molar-refractivity contribution in [2.24, 2.45) is 0 Å². The van der Waals surface area contributed by atoms with Crippen molar-refractivity contribution in [3.05, 3.63) is 53.6 Å². The number of aliphatic hydroxyl groups excluding tert-OH is 1. The molecule has 0 aliphatic heterocycles. The lowest BCUT2D eigenvalue weighted by Crippen LogP contribution is -2.27. The molecular formula is C14H11F5N2O2. The van der Waals surface area contributed by atoms with Gasteiger partial charge in [-0.1, -0.05) is 0 Å². The quantitative estimate of drug-likeness (QED) is 0.630. The van der Waals surface area contributed by atoms with Gasteiger partial charge in [-0.2, -0.15) is 22.5 Å². The summed E-state index contributed by atoms with van der Waals surface area (Å²) < 4.78 is 70.2. The number of aromatic nitrogens is 1. The van der Waals surface area contributed by atoms with Gasteiger partial charge >= 0.3 is 0 Å². The maximum absolute atomic E-state index is 13.3. The predicted molar refractivity (Wildman–Crippen MR) is 70.5 cm³/mol. The lowest BCUT2D eigenvalue weighted by Gasteiger charge is -2.15. The molecule has 23 heavy (non-hydrogen) atoms. The molecule has 0 aliphatic carbocycles. The number of aliphatic hydroxyl groups is 1. The van der Waals surface area contributed by atoms with Gasteiger partial charge in [-0.3, -0.25) is 0 Å². The van der Waals surface area contributed by atoms with Gasteiger partial charge in [0.05, 0.1) is 0 Å². The van der Waals surface area contributed by atoms with Crippen molar-refractivity contribution < 1.29 is 31.8 Å². The number of halogens is 5. The zero-order valence-electron chi connectivity index (χ0n) is 11.5. The SMILES string of the molecule is OC(CNc1c(F)c(F)nc(F)c1F)COc1ccc(F)cc1. The summed E-state index contributed by atoms with van der Waals surface area (Å²) in [5.41, 5.74) is -1.07. The van der Waals surface area contributed by atoms with Gasteiger partial charge in [0.2, 0.25) is 11.6 Å². The van der Waals surface area contributed by atoms with Crippen LogP contribution in [0.1, 0.15) is 0 Å². The topological polar surface area (TPSA) is 54.4 Å². The standard InChI is InChI=1S/C14H11F5N2O2/c15-7-1-3-9(4-2-7)23-6-8(22)5-20-12-10(16)13(18)21-14(19)11(12)17/h1-4,8,22H,5-6H2,(H,20,21). The van der Waals surface area contributed by atoms with Crippen LogP contribution in [0.15, 0.2) is 24.3 Å². The van der Waals surface area contributed by atoms with E-state index in [1.807, 2.05) is 5.32 Å². The Hall–Kier alpha value is -2.42. The Morgan fingerprint density at radius 2 is 1.57 bits per heavy atom. The molecule has 0 saturated carbocycles. The Labute approximate surface area is 127 Å². The van der Waals surface area contributed by atoms with Gasteiger partial charge in [0.25, 0.3) is 11.9 Å². The average molecular weight is 334 g/mol. The molecular weight excluding hydrogens is 323 g/mol. The number of nitrogens with zero attached hydrogens (tertiary/aromatic N) is 1. The van der Waals surface area contributed by atoms with Crippen molar-refractivity contribution in [3.63, 3.8) is 0 Å². The number of rotatable bonds is 6. The van der Waals surface area contributed by atoms with Crippen molar-refractivity contribution in [3.8, 4) is 5.75 Å². The van der Waals surface area contributed by atoms with Crippen LogP contribution in [0.2, 0.25) is 0 Å². The molecule has 0 spiro atoms. The molecule has 2 aromatic rings. The van der Waals surface area contributed by atoms with E-state index >= 15 is 0 Å². The monoisotopic (exact) mass is 334 g/mol. The summed E-state index contributed by atoms with van der Waals surface area (Å²) in [6.07, 6.45) is -1.25. The Morgan fingerprint density at radius 3 is 2.13 bits per heavy atom. The fourth-order valence-electron chi connectivity index (χ4n) is 1.64. The van der Waals surface area contributed by atoms with Crippen LogP contribution in [0.25, 0.3) is 0 Å². The van der Waals surface area contributed by atoms with Crippen molar-refractivity contribution in [2.45, 2.75) is 6.10 Å². The molecule has 1 aromatic heterocycles. The number of ether oxygens (including phenoxy) is 1. The van der Waals surface area contributed by atoms with Crippen LogP contribution in [0, 0.1) is 29.3 Å². The highest BCUT2D eigenvalue weighted by molar-refractivity contribution is 5.45. The molecule has 0 amide bonds. The molecule has 0 saturated heterocycles. The van der Waals surface area contributed by atoms with E-state index in [1.165, 1.54) is 12.1 Å². The van der Waals surface area contributed by atoms with Crippen LogP contribution >= 0.6 is 0 Å². The van der Waals surface area contributed by atoms with E-state index in [2.05, 4.69) is 4.98 Å². The summed E-state index contributed by atoms with van der Waals surface area (Å²) >= 11 is 0. The molecule has 1 atom stereocenters. The van der Waals surface area contributed by atoms with Crippen molar-refractivity contribution >= 4 is 5.69 Å². The van der Waals surface area contributed by atoms with Gasteiger partial charge in [0.1, 0.15) is 30.0 Å². The molecule has 4 nitrogen and oxygen atoms in total. The van der Waals surface area contributed by atoms with Crippen molar-refractivity contribution in [2.75, 3.05) is 18.5 Å². The zero-order valence-corrected chi connectivity index (χ0v) is 11.5. The average Bonchev–Trinajstić information content (AvgIpc) is 2.52. The zero-order chi connectivity index (χ0) is 17.0. The highest BCUT2D eigenvalue weighted by atomic mass is 19.2. The third kappa shape index (κ3) is 4.28. The Kier molecular flexibility index (Phi) is 5.32. The second-order valence-corrected chi connectivity index (χ2v) is 4.50. The molecule has 124 valence electrons. The number of benzene rings is 1. The van der Waals surface area contributed by atoms with Gasteiger partial charge in [-0.05, 0) is 24.3 Å². The number of nitrogens with one attached hydrogen (secondary N) is 1. The second kappa shape index (κ2) is 7.23. The molecule has 0 fully saturated rings. The van der Waals surface area contributed by atoms with Crippen molar-refractivity contribution in [1.29, 1.82) is 0 Å². The normalized spacial score (nSPS) is 12.1. The fourth-order valence-corrected chi connectivity index (χ4v) is 1.64. The first-order valence-electron chi connectivity index (χ1n) is 6.38. The first-order chi connectivity index (χ1) is 10.9. The first-order valence-corrected chi connectivity index (χ1v) is 6.38. The third-order valence-corrected chi connectivity index (χ3v) is 2.77. The summed E-state index contributed by atoms with van der Waals surface area (Å²) in [6.45, 7) is -0.740. The minimum atomic E-state index is -1.80. The highest BCUT2D eigenvalue weighted by Crippen LogP contribution is 2.21. The Balaban J connectivity index is 1.92. The smallest absolute Gasteiger partial charge is 0.253 e. The maximum atomic E-state index is 13.3. The summed E-state index contributed by atoms with van der Waals surface area (Å²) in [4.78, 5) is 2.40. The van der Waals surface area contributed by atoms with Gasteiger partial charge in [-0.25, -0.2) is 4.39 Å². The minimum absolute atomic E-state index is 0.267. The number of pyridine rings is 1. The van der Waals surface area contributed by atoms with Crippen LogP contribution in [0.5, 0.6) is 5.75 Å². The van der Waals surface area contributed by atoms with Crippen LogP contribution in [-0.2, 0) is 0 Å². The van der Waals surface area contributed by atoms with Gasteiger partial charge in [0.15, 0.2) is 0 Å². The molecule has 0 bridgehead atoms. The van der Waals surface area contributed by atoms with Gasteiger partial charge < -0.3 is 15.2 Å². The molecule has 0 aliphatic rings. The number of hydrogen-bond acceptors (Lipinski definition) is 4. The molecule has 2 rings (SSSR count).